The molecule has 5 heteroatoms. The van der Waals surface area contributed by atoms with Crippen molar-refractivity contribution in [2.75, 3.05) is 0 Å². The second-order valence-corrected chi connectivity index (χ2v) is 7.48. The molecule has 0 amide bonds. The van der Waals surface area contributed by atoms with Gasteiger partial charge in [0.1, 0.15) is 11.6 Å². The molecule has 0 bridgehead atoms. The lowest BCUT2D eigenvalue weighted by atomic mass is 9.78. The van der Waals surface area contributed by atoms with E-state index in [1.807, 2.05) is 13.8 Å². The fourth-order valence-electron chi connectivity index (χ4n) is 2.94. The zero-order chi connectivity index (χ0) is 20.1. The fraction of sp³-hybridized carbons (Fsp3) is 0.429. The number of rotatable bonds is 3. The number of benzene rings is 1. The van der Waals surface area contributed by atoms with Crippen molar-refractivity contribution in [3.63, 3.8) is 0 Å². The molecular weight excluding hydrogens is 334 g/mol. The third-order valence-electron chi connectivity index (χ3n) is 4.12. The van der Waals surface area contributed by atoms with E-state index in [9.17, 15) is 13.9 Å². The average molecular weight is 364 g/mol. The molecule has 144 valence electrons. The molecule has 2 rings (SSSR count). The lowest BCUT2D eigenvalue weighted by Gasteiger charge is -2.34. The van der Waals surface area contributed by atoms with E-state index in [0.717, 1.165) is 30.5 Å². The van der Waals surface area contributed by atoms with Crippen molar-refractivity contribution in [1.29, 1.82) is 0 Å². The van der Waals surface area contributed by atoms with E-state index in [-0.39, 0.29) is 17.2 Å². The van der Waals surface area contributed by atoms with Crippen molar-refractivity contribution in [3.05, 3.63) is 64.9 Å². The Labute approximate surface area is 155 Å². The van der Waals surface area contributed by atoms with E-state index < -0.39 is 17.2 Å². The van der Waals surface area contributed by atoms with Gasteiger partial charge in [0.15, 0.2) is 0 Å². The first-order chi connectivity index (χ1) is 11.9. The summed E-state index contributed by atoms with van der Waals surface area (Å²) in [4.78, 5) is 0. The summed E-state index contributed by atoms with van der Waals surface area (Å²) in [5.74, 6) is -1.60. The Balaban J connectivity index is 0.000000765. The summed E-state index contributed by atoms with van der Waals surface area (Å²) in [5.41, 5.74) is 13.3. The van der Waals surface area contributed by atoms with Gasteiger partial charge < -0.3 is 16.6 Å². The Hall–Kier alpha value is -2.14. The zero-order valence-corrected chi connectivity index (χ0v) is 16.1. The highest BCUT2D eigenvalue weighted by Gasteiger charge is 2.32. The second kappa shape index (κ2) is 8.99. The molecule has 0 saturated heterocycles. The highest BCUT2D eigenvalue weighted by Crippen LogP contribution is 2.35. The van der Waals surface area contributed by atoms with Crippen LogP contribution in [0.25, 0.3) is 5.70 Å². The molecule has 1 aromatic carbocycles. The molecule has 1 atom stereocenters. The lowest BCUT2D eigenvalue weighted by molar-refractivity contribution is 0.0251. The van der Waals surface area contributed by atoms with Gasteiger partial charge in [0.05, 0.1) is 11.2 Å². The molecule has 0 aromatic heterocycles. The van der Waals surface area contributed by atoms with Crippen LogP contribution in [0.5, 0.6) is 0 Å². The average Bonchev–Trinajstić information content (AvgIpc) is 2.47. The molecule has 0 radical (unpaired) electrons. The van der Waals surface area contributed by atoms with Crippen LogP contribution in [-0.4, -0.2) is 10.7 Å². The zero-order valence-electron chi connectivity index (χ0n) is 16.1. The van der Waals surface area contributed by atoms with Crippen LogP contribution in [0.4, 0.5) is 8.78 Å². The summed E-state index contributed by atoms with van der Waals surface area (Å²) in [6.45, 7) is 10.9. The normalized spacial score (nSPS) is 18.3. The van der Waals surface area contributed by atoms with Gasteiger partial charge in [-0.3, -0.25) is 0 Å². The van der Waals surface area contributed by atoms with Gasteiger partial charge >= 0.3 is 0 Å². The molecule has 0 aliphatic heterocycles. The van der Waals surface area contributed by atoms with Gasteiger partial charge in [0, 0.05) is 17.3 Å². The number of aliphatic hydroxyl groups is 1. The van der Waals surface area contributed by atoms with E-state index >= 15 is 0 Å². The number of allylic oxidation sites excluding steroid dienone is 3. The molecular formula is C21H30F2N2O. The van der Waals surface area contributed by atoms with E-state index in [4.69, 9.17) is 11.5 Å². The number of hydrogen-bond acceptors (Lipinski definition) is 3. The molecule has 1 aliphatic rings. The van der Waals surface area contributed by atoms with Gasteiger partial charge in [-0.25, -0.2) is 8.78 Å². The highest BCUT2D eigenvalue weighted by atomic mass is 19.1. The molecule has 26 heavy (non-hydrogen) atoms. The minimum Gasteiger partial charge on any atom is -0.401 e. The van der Waals surface area contributed by atoms with Crippen molar-refractivity contribution in [2.24, 2.45) is 17.4 Å². The predicted octanol–water partition coefficient (Wildman–Crippen LogP) is 4.63. The van der Waals surface area contributed by atoms with Crippen molar-refractivity contribution in [3.8, 4) is 0 Å². The van der Waals surface area contributed by atoms with Gasteiger partial charge in [-0.1, -0.05) is 11.6 Å². The molecule has 0 heterocycles. The summed E-state index contributed by atoms with van der Waals surface area (Å²) in [6.07, 6.45) is 3.82. The summed E-state index contributed by atoms with van der Waals surface area (Å²) in [5, 5.41) is 10.2. The maximum Gasteiger partial charge on any atom is 0.135 e. The minimum atomic E-state index is -0.943. The molecule has 1 unspecified atom stereocenters. The Morgan fingerprint density at radius 1 is 1.27 bits per heavy atom. The summed E-state index contributed by atoms with van der Waals surface area (Å²) < 4.78 is 27.5. The third kappa shape index (κ3) is 5.99. The summed E-state index contributed by atoms with van der Waals surface area (Å²) >= 11 is 0. The van der Waals surface area contributed by atoms with Gasteiger partial charge in [-0.15, -0.1) is 6.58 Å². The molecule has 1 aromatic rings. The summed E-state index contributed by atoms with van der Waals surface area (Å²) in [7, 11) is 0. The van der Waals surface area contributed by atoms with Gasteiger partial charge in [0.2, 0.25) is 0 Å². The third-order valence-corrected chi connectivity index (χ3v) is 4.12. The quantitative estimate of drug-likeness (QED) is 0.685. The van der Waals surface area contributed by atoms with Crippen LogP contribution in [0.3, 0.4) is 0 Å². The SMILES string of the molecule is C=C(C)C.CC(C)(O)C1CCCC(/C=C(\N)c2c(F)cccc2F)=C1N. The Morgan fingerprint density at radius 2 is 1.77 bits per heavy atom. The highest BCUT2D eigenvalue weighted by molar-refractivity contribution is 5.66. The maximum absolute atomic E-state index is 13.8. The van der Waals surface area contributed by atoms with Crippen LogP contribution >= 0.6 is 0 Å². The monoisotopic (exact) mass is 364 g/mol. The topological polar surface area (TPSA) is 72.3 Å². The van der Waals surface area contributed by atoms with Crippen LogP contribution in [0.2, 0.25) is 0 Å². The van der Waals surface area contributed by atoms with Crippen LogP contribution in [-0.2, 0) is 0 Å². The molecule has 3 nitrogen and oxygen atoms in total. The summed E-state index contributed by atoms with van der Waals surface area (Å²) in [6, 6.07) is 3.62. The second-order valence-electron chi connectivity index (χ2n) is 7.48. The lowest BCUT2D eigenvalue weighted by Crippen LogP contribution is -2.37. The number of halogens is 2. The van der Waals surface area contributed by atoms with Crippen LogP contribution < -0.4 is 11.5 Å². The van der Waals surface area contributed by atoms with Crippen molar-refractivity contribution >= 4 is 5.70 Å². The first-order valence-corrected chi connectivity index (χ1v) is 8.69. The van der Waals surface area contributed by atoms with Gasteiger partial charge in [-0.2, -0.15) is 0 Å². The maximum atomic E-state index is 13.8. The van der Waals surface area contributed by atoms with E-state index in [1.165, 1.54) is 17.7 Å². The molecule has 0 fully saturated rings. The largest absolute Gasteiger partial charge is 0.401 e. The minimum absolute atomic E-state index is 0.00458. The smallest absolute Gasteiger partial charge is 0.135 e. The number of hydrogen-bond donors (Lipinski definition) is 3. The molecule has 1 aliphatic carbocycles. The predicted molar refractivity (Wildman–Crippen MR) is 104 cm³/mol. The van der Waals surface area contributed by atoms with Crippen LogP contribution in [0, 0.1) is 17.6 Å². The Morgan fingerprint density at radius 3 is 2.23 bits per heavy atom. The standard InChI is InChI=1S/C17H22F2N2O.C4H8/c1-17(2,22)11-6-3-5-10(16(11)21)9-14(20)15-12(18)7-4-8-13(15)19;1-4(2)3/h4,7-9,11,22H,3,5-6,20-21H2,1-2H3;1H2,2-3H3/b14-9-;. The fourth-order valence-corrected chi connectivity index (χ4v) is 2.94. The van der Waals surface area contributed by atoms with E-state index in [2.05, 4.69) is 6.58 Å². The van der Waals surface area contributed by atoms with Gasteiger partial charge in [0.25, 0.3) is 0 Å². The van der Waals surface area contributed by atoms with Crippen LogP contribution in [0.15, 0.2) is 47.7 Å². The van der Waals surface area contributed by atoms with Gasteiger partial charge in [-0.05, 0) is 70.7 Å². The Kier molecular flexibility index (Phi) is 7.57. The van der Waals surface area contributed by atoms with Crippen molar-refractivity contribution in [2.45, 2.75) is 52.6 Å². The van der Waals surface area contributed by atoms with E-state index in [0.29, 0.717) is 12.1 Å². The molecule has 0 saturated carbocycles. The first-order valence-electron chi connectivity index (χ1n) is 8.69. The van der Waals surface area contributed by atoms with Crippen molar-refractivity contribution < 1.29 is 13.9 Å². The van der Waals surface area contributed by atoms with E-state index in [1.54, 1.807) is 13.8 Å². The Bertz CT molecular complexity index is 691. The first kappa shape index (κ1) is 21.9. The van der Waals surface area contributed by atoms with Crippen LogP contribution in [0.1, 0.15) is 52.5 Å². The molecule has 0 spiro atoms. The number of nitrogens with two attached hydrogens (primary N) is 2. The molecule has 5 N–H and O–H groups in total. The van der Waals surface area contributed by atoms with Crippen molar-refractivity contribution in [1.82, 2.24) is 0 Å².